The van der Waals surface area contributed by atoms with E-state index in [2.05, 4.69) is 16.6 Å². The number of aliphatic imine (C=N–C) groups is 1. The minimum absolute atomic E-state index is 0.00764. The van der Waals surface area contributed by atoms with Crippen LogP contribution in [0.15, 0.2) is 17.9 Å². The molecule has 164 valence electrons. The normalized spacial score (nSPS) is 23.7. The van der Waals surface area contributed by atoms with Gasteiger partial charge < -0.3 is 30.4 Å². The minimum Gasteiger partial charge on any atom is -0.463 e. The molecule has 1 aromatic heterocycles. The third-order valence-corrected chi connectivity index (χ3v) is 3.90. The highest BCUT2D eigenvalue weighted by Gasteiger charge is 2.51. The largest absolute Gasteiger partial charge is 0.463 e. The van der Waals surface area contributed by atoms with Crippen molar-refractivity contribution in [1.29, 1.82) is 0 Å². The van der Waals surface area contributed by atoms with Crippen molar-refractivity contribution in [1.82, 2.24) is 9.55 Å². The van der Waals surface area contributed by atoms with Crippen LogP contribution >= 0.6 is 0 Å². The van der Waals surface area contributed by atoms with Crippen LogP contribution in [0.1, 0.15) is 32.7 Å². The Morgan fingerprint density at radius 3 is 2.30 bits per heavy atom. The molecule has 4 atom stereocenters. The lowest BCUT2D eigenvalue weighted by atomic mass is 10.1. The highest BCUT2D eigenvalue weighted by atomic mass is 19.1. The average Bonchev–Trinajstić information content (AvgIpc) is 3.14. The number of halogens is 1. The molecule has 12 nitrogen and oxygen atoms in total. The lowest BCUT2D eigenvalue weighted by molar-refractivity contribution is -0.166. The predicted octanol–water partition coefficient (Wildman–Crippen LogP) is 0.0521. The van der Waals surface area contributed by atoms with Crippen molar-refractivity contribution in [2.75, 3.05) is 6.61 Å². The quantitative estimate of drug-likeness (QED) is 0.199. The molecule has 0 aliphatic carbocycles. The van der Waals surface area contributed by atoms with E-state index >= 15 is 0 Å². The number of aromatic nitrogens is 2. The SMILES string of the molecule is C=C(N)c1ncn([C@@H]2O[C@H](COC(C)=O)C(OC(C)=O)C2OC(C)=O)c1/N=C(\N)F. The first kappa shape index (κ1) is 22.8. The smallest absolute Gasteiger partial charge is 0.303 e. The van der Waals surface area contributed by atoms with Crippen LogP contribution < -0.4 is 11.5 Å². The van der Waals surface area contributed by atoms with Crippen LogP contribution in [0.3, 0.4) is 0 Å². The van der Waals surface area contributed by atoms with Crippen LogP contribution in [0.2, 0.25) is 0 Å². The molecular formula is C17H22FN5O7. The highest BCUT2D eigenvalue weighted by molar-refractivity contribution is 5.77. The van der Waals surface area contributed by atoms with Crippen molar-refractivity contribution < 1.29 is 37.7 Å². The number of carbonyl (C=O) groups is 3. The molecule has 30 heavy (non-hydrogen) atoms. The molecule has 0 radical (unpaired) electrons. The van der Waals surface area contributed by atoms with Gasteiger partial charge in [0.25, 0.3) is 6.09 Å². The van der Waals surface area contributed by atoms with Gasteiger partial charge in [-0.1, -0.05) is 6.58 Å². The first-order chi connectivity index (χ1) is 14.0. The Balaban J connectivity index is 2.54. The summed E-state index contributed by atoms with van der Waals surface area (Å²) in [7, 11) is 0. The third kappa shape index (κ3) is 5.31. The summed E-state index contributed by atoms with van der Waals surface area (Å²) in [6.07, 6.45) is -4.68. The maximum absolute atomic E-state index is 13.4. The van der Waals surface area contributed by atoms with E-state index < -0.39 is 48.5 Å². The average molecular weight is 427 g/mol. The van der Waals surface area contributed by atoms with Gasteiger partial charge in [0.15, 0.2) is 24.3 Å². The van der Waals surface area contributed by atoms with Gasteiger partial charge in [0.1, 0.15) is 18.4 Å². The second kappa shape index (κ2) is 9.35. The Bertz CT molecular complexity index is 880. The van der Waals surface area contributed by atoms with Gasteiger partial charge in [-0.3, -0.25) is 19.0 Å². The number of nitrogens with two attached hydrogens (primary N) is 2. The summed E-state index contributed by atoms with van der Waals surface area (Å²) in [4.78, 5) is 42.1. The van der Waals surface area contributed by atoms with Crippen molar-refractivity contribution in [3.63, 3.8) is 0 Å². The zero-order chi connectivity index (χ0) is 22.6. The van der Waals surface area contributed by atoms with E-state index in [9.17, 15) is 18.8 Å². The van der Waals surface area contributed by atoms with Crippen LogP contribution in [0, 0.1) is 0 Å². The van der Waals surface area contributed by atoms with Crippen LogP contribution in [-0.4, -0.2) is 58.5 Å². The molecule has 0 bridgehead atoms. The lowest BCUT2D eigenvalue weighted by Crippen LogP contribution is -2.40. The number of amidine groups is 1. The molecular weight excluding hydrogens is 405 g/mol. The van der Waals surface area contributed by atoms with Gasteiger partial charge in [-0.05, 0) is 0 Å². The van der Waals surface area contributed by atoms with Crippen LogP contribution in [0.25, 0.3) is 5.70 Å². The summed E-state index contributed by atoms with van der Waals surface area (Å²) >= 11 is 0. The van der Waals surface area contributed by atoms with Crippen LogP contribution in [-0.2, 0) is 33.3 Å². The Hall–Kier alpha value is -3.48. The molecule has 0 saturated carbocycles. The lowest BCUT2D eigenvalue weighted by Gasteiger charge is -2.24. The molecule has 0 aromatic carbocycles. The maximum atomic E-state index is 13.4. The zero-order valence-corrected chi connectivity index (χ0v) is 16.5. The summed E-state index contributed by atoms with van der Waals surface area (Å²) in [6.45, 7) is 6.70. The summed E-state index contributed by atoms with van der Waals surface area (Å²) in [6, 6.07) is 0. The molecule has 1 aliphatic heterocycles. The van der Waals surface area contributed by atoms with E-state index in [-0.39, 0.29) is 23.8 Å². The van der Waals surface area contributed by atoms with E-state index in [4.69, 9.17) is 30.4 Å². The van der Waals surface area contributed by atoms with Gasteiger partial charge in [-0.15, -0.1) is 0 Å². The number of nitrogens with zero attached hydrogens (tertiary/aromatic N) is 3. The number of hydrogen-bond donors (Lipinski definition) is 2. The number of esters is 3. The van der Waals surface area contributed by atoms with Gasteiger partial charge >= 0.3 is 17.9 Å². The topological polar surface area (TPSA) is 170 Å². The van der Waals surface area contributed by atoms with Gasteiger partial charge in [-0.2, -0.15) is 9.38 Å². The predicted molar refractivity (Wildman–Crippen MR) is 99.5 cm³/mol. The molecule has 0 amide bonds. The van der Waals surface area contributed by atoms with Crippen molar-refractivity contribution in [3.8, 4) is 0 Å². The molecule has 13 heteroatoms. The molecule has 2 unspecified atom stereocenters. The minimum atomic E-state index is -1.30. The van der Waals surface area contributed by atoms with Gasteiger partial charge in [0.05, 0.1) is 12.0 Å². The molecule has 2 heterocycles. The summed E-state index contributed by atoms with van der Waals surface area (Å²) in [5.41, 5.74) is 10.7. The fourth-order valence-corrected chi connectivity index (χ4v) is 2.90. The number of ether oxygens (including phenoxy) is 4. The fourth-order valence-electron chi connectivity index (χ4n) is 2.90. The second-order valence-corrected chi connectivity index (χ2v) is 6.30. The molecule has 1 aromatic rings. The standard InChI is InChI=1S/C17H22FN5O7/c1-7(19)12-15(22-17(18)20)23(6-21-12)16-14(29-10(4)26)13(28-9(3)25)11(30-16)5-27-8(2)24/h6,11,13-14,16H,1,5,19H2,2-4H3,(H2,20,22)/t11-,13?,14?,16-/m1/s1. The van der Waals surface area contributed by atoms with Crippen molar-refractivity contribution in [3.05, 3.63) is 18.6 Å². The monoisotopic (exact) mass is 427 g/mol. The maximum Gasteiger partial charge on any atom is 0.303 e. The number of carbonyl (C=O) groups excluding carboxylic acids is 3. The Morgan fingerprint density at radius 2 is 1.80 bits per heavy atom. The molecule has 4 N–H and O–H groups in total. The first-order valence-corrected chi connectivity index (χ1v) is 8.65. The molecule has 1 fully saturated rings. The van der Waals surface area contributed by atoms with Crippen LogP contribution in [0.5, 0.6) is 0 Å². The van der Waals surface area contributed by atoms with Crippen molar-refractivity contribution in [2.45, 2.75) is 45.3 Å². The molecule has 2 rings (SSSR count). The van der Waals surface area contributed by atoms with Crippen molar-refractivity contribution >= 4 is 35.5 Å². The first-order valence-electron chi connectivity index (χ1n) is 8.65. The zero-order valence-electron chi connectivity index (χ0n) is 16.5. The van der Waals surface area contributed by atoms with E-state index in [1.807, 2.05) is 0 Å². The highest BCUT2D eigenvalue weighted by Crippen LogP contribution is 2.38. The number of hydrogen-bond acceptors (Lipinski definition) is 10. The van der Waals surface area contributed by atoms with Crippen LogP contribution in [0.4, 0.5) is 10.2 Å². The van der Waals surface area contributed by atoms with E-state index in [0.29, 0.717) is 0 Å². The molecule has 1 aliphatic rings. The van der Waals surface area contributed by atoms with Crippen molar-refractivity contribution in [2.24, 2.45) is 16.5 Å². The number of rotatable bonds is 7. The summed E-state index contributed by atoms with van der Waals surface area (Å²) < 4.78 is 35.9. The summed E-state index contributed by atoms with van der Waals surface area (Å²) in [5.74, 6) is -2.17. The van der Waals surface area contributed by atoms with Gasteiger partial charge in [0.2, 0.25) is 0 Å². The van der Waals surface area contributed by atoms with Gasteiger partial charge in [-0.25, -0.2) is 4.98 Å². The second-order valence-electron chi connectivity index (χ2n) is 6.30. The van der Waals surface area contributed by atoms with Gasteiger partial charge in [0, 0.05) is 20.8 Å². The summed E-state index contributed by atoms with van der Waals surface area (Å²) in [5, 5.41) is 0. The van der Waals surface area contributed by atoms with E-state index in [1.54, 1.807) is 0 Å². The van der Waals surface area contributed by atoms with E-state index in [0.717, 1.165) is 13.8 Å². The van der Waals surface area contributed by atoms with E-state index in [1.165, 1.54) is 17.8 Å². The Labute approximate surface area is 170 Å². The fraction of sp³-hybridized carbons (Fsp3) is 0.471. The Kier molecular flexibility index (Phi) is 7.10. The molecule has 1 saturated heterocycles. The third-order valence-electron chi connectivity index (χ3n) is 3.90. The Morgan fingerprint density at radius 1 is 1.20 bits per heavy atom. The molecule has 0 spiro atoms. The number of imidazole rings is 1.